The predicted octanol–water partition coefficient (Wildman–Crippen LogP) is 3.67. The van der Waals surface area contributed by atoms with E-state index in [-0.39, 0.29) is 18.5 Å². The Balaban J connectivity index is 1.40. The maximum absolute atomic E-state index is 12.7. The van der Waals surface area contributed by atoms with Crippen LogP contribution in [0, 0.1) is 6.92 Å². The first-order valence-corrected chi connectivity index (χ1v) is 11.5. The second-order valence-corrected chi connectivity index (χ2v) is 10.1. The zero-order chi connectivity index (χ0) is 20.2. The zero-order valence-electron chi connectivity index (χ0n) is 15.5. The van der Waals surface area contributed by atoms with Crippen LogP contribution in [-0.2, 0) is 22.1 Å². The van der Waals surface area contributed by atoms with Gasteiger partial charge in [-0.25, -0.2) is 8.42 Å². The molecule has 29 heavy (non-hydrogen) atoms. The van der Waals surface area contributed by atoms with Crippen LogP contribution in [0.3, 0.4) is 0 Å². The van der Waals surface area contributed by atoms with E-state index in [0.29, 0.717) is 38.9 Å². The number of hydrogen-bond acceptors (Lipinski definition) is 6. The van der Waals surface area contributed by atoms with Crippen LogP contribution in [0.25, 0.3) is 10.4 Å². The molecule has 0 aliphatic carbocycles. The fourth-order valence-corrected chi connectivity index (χ4v) is 6.51. The average molecular weight is 428 g/mol. The molecule has 0 fully saturated rings. The fraction of sp³-hybridized carbons (Fsp3) is 0.190. The Kier molecular flexibility index (Phi) is 4.15. The van der Waals surface area contributed by atoms with Crippen molar-refractivity contribution in [1.82, 2.24) is 5.32 Å². The molecule has 0 spiro atoms. The van der Waals surface area contributed by atoms with Crippen LogP contribution in [0.1, 0.15) is 26.4 Å². The van der Waals surface area contributed by atoms with Gasteiger partial charge < -0.3 is 14.8 Å². The van der Waals surface area contributed by atoms with Gasteiger partial charge in [0.2, 0.25) is 6.79 Å². The molecular weight excluding hydrogens is 410 g/mol. The second kappa shape index (κ2) is 6.60. The quantitative estimate of drug-likeness (QED) is 0.690. The molecule has 0 saturated carbocycles. The Bertz CT molecular complexity index is 1260. The molecule has 5 rings (SSSR count). The number of ether oxygens (including phenoxy) is 2. The summed E-state index contributed by atoms with van der Waals surface area (Å²) in [7, 11) is -3.40. The van der Waals surface area contributed by atoms with E-state index in [1.807, 2.05) is 37.3 Å². The lowest BCUT2D eigenvalue weighted by atomic mass is 10.1. The average Bonchev–Trinajstić information content (AvgIpc) is 3.32. The molecule has 8 heteroatoms. The Morgan fingerprint density at radius 1 is 1.10 bits per heavy atom. The number of sulfone groups is 1. The molecule has 0 unspecified atom stereocenters. The minimum absolute atomic E-state index is 0.0786. The van der Waals surface area contributed by atoms with Crippen LogP contribution >= 0.6 is 11.3 Å². The number of fused-ring (bicyclic) bond motifs is 4. The van der Waals surface area contributed by atoms with Crippen LogP contribution in [0.15, 0.2) is 47.4 Å². The minimum atomic E-state index is -3.40. The van der Waals surface area contributed by atoms with Crippen LogP contribution in [0.5, 0.6) is 11.5 Å². The van der Waals surface area contributed by atoms with Crippen molar-refractivity contribution in [2.45, 2.75) is 24.1 Å². The lowest BCUT2D eigenvalue weighted by molar-refractivity contribution is 0.0955. The molecule has 2 aliphatic rings. The van der Waals surface area contributed by atoms with Gasteiger partial charge in [-0.15, -0.1) is 11.3 Å². The third-order valence-electron chi connectivity index (χ3n) is 4.99. The number of hydrogen-bond donors (Lipinski definition) is 1. The topological polar surface area (TPSA) is 81.7 Å². The van der Waals surface area contributed by atoms with Crippen molar-refractivity contribution < 1.29 is 22.7 Å². The SMILES string of the molecule is Cc1ccc2c(c1)S(=O)(=O)Cc1cc(C(=O)NCc3ccc4c(c3)OCO4)sc1-2. The van der Waals surface area contributed by atoms with Gasteiger partial charge in [0, 0.05) is 17.0 Å². The van der Waals surface area contributed by atoms with Crippen LogP contribution in [0.4, 0.5) is 0 Å². The summed E-state index contributed by atoms with van der Waals surface area (Å²) in [5, 5.41) is 2.90. The fourth-order valence-electron chi connectivity index (χ4n) is 3.55. The van der Waals surface area contributed by atoms with Crippen molar-refractivity contribution in [3.05, 3.63) is 64.0 Å². The van der Waals surface area contributed by atoms with Crippen LogP contribution < -0.4 is 14.8 Å². The summed E-state index contributed by atoms with van der Waals surface area (Å²) in [6, 6.07) is 12.6. The minimum Gasteiger partial charge on any atom is -0.454 e. The van der Waals surface area contributed by atoms with E-state index in [1.54, 1.807) is 12.1 Å². The first-order chi connectivity index (χ1) is 13.9. The van der Waals surface area contributed by atoms with E-state index in [4.69, 9.17) is 9.47 Å². The van der Waals surface area contributed by atoms with Crippen LogP contribution in [-0.4, -0.2) is 21.1 Å². The predicted molar refractivity (Wildman–Crippen MR) is 109 cm³/mol. The summed E-state index contributed by atoms with van der Waals surface area (Å²) in [4.78, 5) is 14.4. The van der Waals surface area contributed by atoms with E-state index >= 15 is 0 Å². The molecule has 0 bridgehead atoms. The van der Waals surface area contributed by atoms with Gasteiger partial charge in [0.1, 0.15) is 0 Å². The summed E-state index contributed by atoms with van der Waals surface area (Å²) in [6.45, 7) is 2.41. The Morgan fingerprint density at radius 2 is 1.93 bits per heavy atom. The lowest BCUT2D eigenvalue weighted by Gasteiger charge is -2.17. The van der Waals surface area contributed by atoms with Gasteiger partial charge in [-0.1, -0.05) is 18.2 Å². The Labute approximate surface area is 172 Å². The smallest absolute Gasteiger partial charge is 0.261 e. The summed E-state index contributed by atoms with van der Waals surface area (Å²) in [6.07, 6.45) is 0. The van der Waals surface area contributed by atoms with Crippen molar-refractivity contribution in [2.24, 2.45) is 0 Å². The molecule has 3 heterocycles. The Morgan fingerprint density at radius 3 is 2.79 bits per heavy atom. The first-order valence-electron chi connectivity index (χ1n) is 9.04. The molecule has 2 aromatic carbocycles. The van der Waals surface area contributed by atoms with Gasteiger partial charge in [-0.2, -0.15) is 0 Å². The van der Waals surface area contributed by atoms with Crippen molar-refractivity contribution in [2.75, 3.05) is 6.79 Å². The first kappa shape index (κ1) is 18.2. The molecule has 1 amide bonds. The molecular formula is C21H17NO5S2. The maximum atomic E-state index is 12.7. The third-order valence-corrected chi connectivity index (χ3v) is 7.89. The number of aryl methyl sites for hydroxylation is 1. The zero-order valence-corrected chi connectivity index (χ0v) is 17.2. The van der Waals surface area contributed by atoms with Gasteiger partial charge in [0.25, 0.3) is 5.91 Å². The molecule has 1 N–H and O–H groups in total. The molecule has 148 valence electrons. The normalized spacial score (nSPS) is 15.5. The number of rotatable bonds is 3. The third kappa shape index (κ3) is 3.18. The number of thiophene rings is 1. The molecule has 0 saturated heterocycles. The number of benzene rings is 2. The van der Waals surface area contributed by atoms with Crippen molar-refractivity contribution in [1.29, 1.82) is 0 Å². The van der Waals surface area contributed by atoms with E-state index in [2.05, 4.69) is 5.32 Å². The highest BCUT2D eigenvalue weighted by Gasteiger charge is 2.31. The molecule has 2 aliphatic heterocycles. The lowest BCUT2D eigenvalue weighted by Crippen LogP contribution is -2.21. The molecule has 0 radical (unpaired) electrons. The van der Waals surface area contributed by atoms with Crippen LogP contribution in [0.2, 0.25) is 0 Å². The number of carbonyl (C=O) groups excluding carboxylic acids is 1. The molecule has 3 aromatic rings. The van der Waals surface area contributed by atoms with E-state index in [1.165, 1.54) is 11.3 Å². The molecule has 0 atom stereocenters. The van der Waals surface area contributed by atoms with E-state index in [9.17, 15) is 13.2 Å². The van der Waals surface area contributed by atoms with Crippen molar-refractivity contribution in [3.63, 3.8) is 0 Å². The number of amides is 1. The molecule has 6 nitrogen and oxygen atoms in total. The van der Waals surface area contributed by atoms with E-state index < -0.39 is 9.84 Å². The highest BCUT2D eigenvalue weighted by molar-refractivity contribution is 7.91. The van der Waals surface area contributed by atoms with Gasteiger partial charge >= 0.3 is 0 Å². The van der Waals surface area contributed by atoms with Crippen molar-refractivity contribution >= 4 is 27.1 Å². The van der Waals surface area contributed by atoms with E-state index in [0.717, 1.165) is 16.0 Å². The van der Waals surface area contributed by atoms with Gasteiger partial charge in [0.05, 0.1) is 15.5 Å². The number of carbonyl (C=O) groups is 1. The highest BCUT2D eigenvalue weighted by Crippen LogP contribution is 2.43. The summed E-state index contributed by atoms with van der Waals surface area (Å²) < 4.78 is 36.0. The summed E-state index contributed by atoms with van der Waals surface area (Å²) in [5.41, 5.74) is 3.15. The summed E-state index contributed by atoms with van der Waals surface area (Å²) >= 11 is 1.33. The number of nitrogens with one attached hydrogen (secondary N) is 1. The van der Waals surface area contributed by atoms with Gasteiger partial charge in [0.15, 0.2) is 21.3 Å². The Hall–Kier alpha value is -2.84. The van der Waals surface area contributed by atoms with Gasteiger partial charge in [-0.3, -0.25) is 4.79 Å². The second-order valence-electron chi connectivity index (χ2n) is 7.09. The molecule has 1 aromatic heterocycles. The monoisotopic (exact) mass is 427 g/mol. The summed E-state index contributed by atoms with van der Waals surface area (Å²) in [5.74, 6) is 1.06. The standard InChI is InChI=1S/C21H17NO5S2/c1-12-2-4-15-19(6-12)29(24,25)10-14-8-18(28-20(14)15)21(23)22-9-13-3-5-16-17(7-13)27-11-26-16/h2-8H,9-11H2,1H3,(H,22,23). The largest absolute Gasteiger partial charge is 0.454 e. The van der Waals surface area contributed by atoms with Crippen molar-refractivity contribution in [3.8, 4) is 21.9 Å². The maximum Gasteiger partial charge on any atom is 0.261 e. The van der Waals surface area contributed by atoms with Gasteiger partial charge in [-0.05, 0) is 47.9 Å². The highest BCUT2D eigenvalue weighted by atomic mass is 32.2.